The summed E-state index contributed by atoms with van der Waals surface area (Å²) in [5, 5.41) is 9.19. The van der Waals surface area contributed by atoms with Gasteiger partial charge in [0.1, 0.15) is 0 Å². The van der Waals surface area contributed by atoms with E-state index in [2.05, 4.69) is 25.1 Å². The predicted molar refractivity (Wildman–Crippen MR) is 72.9 cm³/mol. The number of benzene rings is 1. The first-order valence-corrected chi connectivity index (χ1v) is 6.75. The molecular weight excluding hydrogens is 224 g/mol. The van der Waals surface area contributed by atoms with E-state index in [4.69, 9.17) is 0 Å². The van der Waals surface area contributed by atoms with Gasteiger partial charge >= 0.3 is 5.97 Å². The summed E-state index contributed by atoms with van der Waals surface area (Å²) in [6.07, 6.45) is 4.29. The SMILES string of the molecule is CC1CCCc2ccc(CC(C)(C)C(=O)O)cc21. The molecule has 2 nitrogen and oxygen atoms in total. The van der Waals surface area contributed by atoms with Crippen molar-refractivity contribution in [2.45, 2.75) is 52.4 Å². The Balaban J connectivity index is 2.26. The van der Waals surface area contributed by atoms with Gasteiger partial charge in [0.15, 0.2) is 0 Å². The van der Waals surface area contributed by atoms with Crippen molar-refractivity contribution in [1.82, 2.24) is 0 Å². The van der Waals surface area contributed by atoms with Crippen LogP contribution in [0.3, 0.4) is 0 Å². The van der Waals surface area contributed by atoms with Crippen molar-refractivity contribution in [3.63, 3.8) is 0 Å². The Hall–Kier alpha value is -1.31. The van der Waals surface area contributed by atoms with E-state index in [1.54, 1.807) is 13.8 Å². The molecule has 18 heavy (non-hydrogen) atoms. The van der Waals surface area contributed by atoms with Crippen LogP contribution in [-0.2, 0) is 17.6 Å². The first-order chi connectivity index (χ1) is 8.40. The molecule has 0 heterocycles. The minimum atomic E-state index is -0.728. The Bertz CT molecular complexity index is 460. The molecule has 0 fully saturated rings. The number of hydrogen-bond acceptors (Lipinski definition) is 1. The van der Waals surface area contributed by atoms with Gasteiger partial charge in [-0.1, -0.05) is 25.1 Å². The summed E-state index contributed by atoms with van der Waals surface area (Å²) in [5.41, 5.74) is 3.34. The van der Waals surface area contributed by atoms with E-state index < -0.39 is 11.4 Å². The second-order valence-electron chi connectivity index (χ2n) is 6.19. The molecule has 0 radical (unpaired) electrons. The Morgan fingerprint density at radius 1 is 1.44 bits per heavy atom. The quantitative estimate of drug-likeness (QED) is 0.881. The number of carboxylic acid groups (broad SMARTS) is 1. The molecule has 0 saturated heterocycles. The summed E-state index contributed by atoms with van der Waals surface area (Å²) in [7, 11) is 0. The molecule has 0 saturated carbocycles. The molecule has 98 valence electrons. The van der Waals surface area contributed by atoms with Crippen LogP contribution >= 0.6 is 0 Å². The van der Waals surface area contributed by atoms with Gasteiger partial charge < -0.3 is 5.11 Å². The summed E-state index contributed by atoms with van der Waals surface area (Å²) in [6.45, 7) is 5.85. The second-order valence-corrected chi connectivity index (χ2v) is 6.19. The molecule has 1 N–H and O–H groups in total. The van der Waals surface area contributed by atoms with Crippen LogP contribution in [0.2, 0.25) is 0 Å². The van der Waals surface area contributed by atoms with Crippen LogP contribution in [0.4, 0.5) is 0 Å². The third-order valence-corrected chi connectivity index (χ3v) is 4.05. The number of aryl methyl sites for hydroxylation is 1. The minimum Gasteiger partial charge on any atom is -0.481 e. The Labute approximate surface area is 109 Å². The Kier molecular flexibility index (Phi) is 3.47. The fourth-order valence-electron chi connectivity index (χ4n) is 2.78. The highest BCUT2D eigenvalue weighted by Crippen LogP contribution is 2.33. The monoisotopic (exact) mass is 246 g/mol. The summed E-state index contributed by atoms with van der Waals surface area (Å²) in [6, 6.07) is 6.52. The van der Waals surface area contributed by atoms with Crippen LogP contribution in [0, 0.1) is 5.41 Å². The van der Waals surface area contributed by atoms with Gasteiger partial charge in [-0.3, -0.25) is 4.79 Å². The molecule has 0 aliphatic heterocycles. The maximum atomic E-state index is 11.2. The predicted octanol–water partition coefficient (Wildman–Crippen LogP) is 3.78. The summed E-state index contributed by atoms with van der Waals surface area (Å²) < 4.78 is 0. The van der Waals surface area contributed by atoms with Gasteiger partial charge in [0, 0.05) is 0 Å². The van der Waals surface area contributed by atoms with Gasteiger partial charge in [-0.25, -0.2) is 0 Å². The van der Waals surface area contributed by atoms with Crippen molar-refractivity contribution >= 4 is 5.97 Å². The number of hydrogen-bond donors (Lipinski definition) is 1. The molecule has 0 aromatic heterocycles. The molecule has 1 atom stereocenters. The van der Waals surface area contributed by atoms with E-state index in [-0.39, 0.29) is 0 Å². The van der Waals surface area contributed by atoms with Gasteiger partial charge in [0.2, 0.25) is 0 Å². The summed E-state index contributed by atoms with van der Waals surface area (Å²) in [4.78, 5) is 11.2. The van der Waals surface area contributed by atoms with Crippen molar-refractivity contribution in [2.24, 2.45) is 5.41 Å². The standard InChI is InChI=1S/C16H22O2/c1-11-5-4-6-13-8-7-12(9-14(11)13)10-16(2,3)15(17)18/h7-9,11H,4-6,10H2,1-3H3,(H,17,18). The molecule has 0 spiro atoms. The lowest BCUT2D eigenvalue weighted by molar-refractivity contribution is -0.146. The average Bonchev–Trinajstić information content (AvgIpc) is 2.29. The van der Waals surface area contributed by atoms with Crippen LogP contribution in [0.5, 0.6) is 0 Å². The topological polar surface area (TPSA) is 37.3 Å². The van der Waals surface area contributed by atoms with Crippen molar-refractivity contribution in [3.05, 3.63) is 34.9 Å². The molecule has 1 aromatic carbocycles. The molecule has 0 amide bonds. The zero-order chi connectivity index (χ0) is 13.3. The van der Waals surface area contributed by atoms with Gasteiger partial charge in [-0.15, -0.1) is 0 Å². The molecule has 1 unspecified atom stereocenters. The molecule has 2 rings (SSSR count). The lowest BCUT2D eigenvalue weighted by Gasteiger charge is -2.25. The number of carbonyl (C=O) groups is 1. The largest absolute Gasteiger partial charge is 0.481 e. The third kappa shape index (κ3) is 2.58. The van der Waals surface area contributed by atoms with Gasteiger partial charge in [-0.2, -0.15) is 0 Å². The lowest BCUT2D eigenvalue weighted by Crippen LogP contribution is -2.26. The molecule has 1 aliphatic rings. The van der Waals surface area contributed by atoms with Crippen molar-refractivity contribution in [2.75, 3.05) is 0 Å². The number of fused-ring (bicyclic) bond motifs is 1. The zero-order valence-corrected chi connectivity index (χ0v) is 11.5. The third-order valence-electron chi connectivity index (χ3n) is 4.05. The fraction of sp³-hybridized carbons (Fsp3) is 0.562. The van der Waals surface area contributed by atoms with E-state index in [1.165, 1.54) is 30.4 Å². The normalized spacial score (nSPS) is 19.4. The van der Waals surface area contributed by atoms with E-state index in [9.17, 15) is 9.90 Å². The highest BCUT2D eigenvalue weighted by Gasteiger charge is 2.28. The molecule has 1 aromatic rings. The van der Waals surface area contributed by atoms with E-state index in [1.807, 2.05) is 0 Å². The lowest BCUT2D eigenvalue weighted by atomic mass is 9.80. The number of aliphatic carboxylic acids is 1. The maximum Gasteiger partial charge on any atom is 0.309 e. The highest BCUT2D eigenvalue weighted by molar-refractivity contribution is 5.74. The van der Waals surface area contributed by atoms with Crippen molar-refractivity contribution < 1.29 is 9.90 Å². The molecule has 1 aliphatic carbocycles. The molecule has 2 heteroatoms. The van der Waals surface area contributed by atoms with Crippen LogP contribution in [-0.4, -0.2) is 11.1 Å². The summed E-state index contributed by atoms with van der Waals surface area (Å²) >= 11 is 0. The maximum absolute atomic E-state index is 11.2. The average molecular weight is 246 g/mol. The Morgan fingerprint density at radius 2 is 2.17 bits per heavy atom. The second kappa shape index (κ2) is 4.75. The minimum absolute atomic E-state index is 0.600. The first kappa shape index (κ1) is 13.1. The van der Waals surface area contributed by atoms with Gasteiger partial charge in [0.25, 0.3) is 0 Å². The molecular formula is C16H22O2. The highest BCUT2D eigenvalue weighted by atomic mass is 16.4. The van der Waals surface area contributed by atoms with Crippen LogP contribution in [0.25, 0.3) is 0 Å². The van der Waals surface area contributed by atoms with Crippen LogP contribution in [0.1, 0.15) is 56.2 Å². The van der Waals surface area contributed by atoms with Gasteiger partial charge in [0.05, 0.1) is 5.41 Å². The van der Waals surface area contributed by atoms with E-state index in [0.29, 0.717) is 12.3 Å². The van der Waals surface area contributed by atoms with Crippen molar-refractivity contribution in [3.8, 4) is 0 Å². The van der Waals surface area contributed by atoms with Crippen LogP contribution in [0.15, 0.2) is 18.2 Å². The van der Waals surface area contributed by atoms with E-state index in [0.717, 1.165) is 5.56 Å². The smallest absolute Gasteiger partial charge is 0.309 e. The Morgan fingerprint density at radius 3 is 2.83 bits per heavy atom. The number of rotatable bonds is 3. The fourth-order valence-corrected chi connectivity index (χ4v) is 2.78. The van der Waals surface area contributed by atoms with E-state index >= 15 is 0 Å². The molecule has 0 bridgehead atoms. The summed E-state index contributed by atoms with van der Waals surface area (Å²) in [5.74, 6) is -0.116. The van der Waals surface area contributed by atoms with Crippen molar-refractivity contribution in [1.29, 1.82) is 0 Å². The zero-order valence-electron chi connectivity index (χ0n) is 11.5. The first-order valence-electron chi connectivity index (χ1n) is 6.75. The van der Waals surface area contributed by atoms with Crippen LogP contribution < -0.4 is 0 Å². The number of carboxylic acids is 1. The van der Waals surface area contributed by atoms with Gasteiger partial charge in [-0.05, 0) is 62.1 Å².